The topological polar surface area (TPSA) is 24.3 Å². The Labute approximate surface area is 88.6 Å². The van der Waals surface area contributed by atoms with Crippen LogP contribution in [0.3, 0.4) is 0 Å². The fourth-order valence-electron chi connectivity index (χ4n) is 1.43. The molecule has 2 heterocycles. The highest BCUT2D eigenvalue weighted by Crippen LogP contribution is 2.30. The van der Waals surface area contributed by atoms with Gasteiger partial charge in [-0.3, -0.25) is 0 Å². The van der Waals surface area contributed by atoms with Crippen LogP contribution in [0.15, 0.2) is 15.9 Å². The first-order valence-corrected chi connectivity index (χ1v) is 5.56. The Morgan fingerprint density at radius 3 is 2.77 bits per heavy atom. The zero-order valence-corrected chi connectivity index (χ0v) is 9.74. The summed E-state index contributed by atoms with van der Waals surface area (Å²) in [5, 5.41) is 11.8. The summed E-state index contributed by atoms with van der Waals surface area (Å²) in [4.78, 5) is 0.893. The summed E-state index contributed by atoms with van der Waals surface area (Å²) < 4.78 is 2.80. The fraction of sp³-hybridized carbons (Fsp3) is 0.222. The molecule has 0 saturated heterocycles. The Balaban J connectivity index is 2.99. The number of nitrogens with zero attached hydrogens (tertiary/aromatic N) is 1. The third-order valence-corrected chi connectivity index (χ3v) is 3.68. The molecule has 0 aliphatic heterocycles. The third kappa shape index (κ3) is 1.25. The zero-order chi connectivity index (χ0) is 9.59. The number of aromatic hydroxyl groups is 1. The van der Waals surface area contributed by atoms with E-state index in [0.29, 0.717) is 5.75 Å². The summed E-state index contributed by atoms with van der Waals surface area (Å²) in [6.45, 7) is 4.06. The van der Waals surface area contributed by atoms with Crippen molar-refractivity contribution in [2.24, 2.45) is 0 Å². The third-order valence-electron chi connectivity index (χ3n) is 2.01. The Morgan fingerprint density at radius 2 is 2.08 bits per heavy atom. The molecule has 68 valence electrons. The molecule has 0 atom stereocenters. The highest BCUT2D eigenvalue weighted by atomic mass is 79.9. The van der Waals surface area contributed by atoms with Gasteiger partial charge in [0.25, 0.3) is 0 Å². The van der Waals surface area contributed by atoms with Crippen LogP contribution in [0.2, 0.25) is 0 Å². The first-order chi connectivity index (χ1) is 6.11. The molecule has 0 spiro atoms. The lowest BCUT2D eigenvalue weighted by Gasteiger charge is -1.96. The van der Waals surface area contributed by atoms with E-state index in [4.69, 9.17) is 0 Å². The van der Waals surface area contributed by atoms with Crippen LogP contribution in [0.4, 0.5) is 0 Å². The lowest BCUT2D eigenvalue weighted by Crippen LogP contribution is -2.25. The monoisotopic (exact) mass is 258 g/mol. The largest absolute Gasteiger partial charge is 0.501 e. The van der Waals surface area contributed by atoms with Crippen LogP contribution >= 0.6 is 27.3 Å². The Bertz CT molecular complexity index is 478. The van der Waals surface area contributed by atoms with Crippen molar-refractivity contribution in [2.75, 3.05) is 0 Å². The van der Waals surface area contributed by atoms with Crippen molar-refractivity contribution < 1.29 is 9.51 Å². The minimum absolute atomic E-state index is 0.323. The lowest BCUT2D eigenvalue weighted by atomic mass is 10.3. The second-order valence-electron chi connectivity index (χ2n) is 3.00. The molecule has 0 unspecified atom stereocenters. The Hall–Kier alpha value is -0.610. The average molecular weight is 259 g/mol. The molecule has 0 aliphatic rings. The van der Waals surface area contributed by atoms with Crippen LogP contribution in [-0.4, -0.2) is 5.11 Å². The van der Waals surface area contributed by atoms with E-state index in [-0.39, 0.29) is 0 Å². The highest BCUT2D eigenvalue weighted by molar-refractivity contribution is 9.10. The molecule has 13 heavy (non-hydrogen) atoms. The van der Waals surface area contributed by atoms with Gasteiger partial charge in [0.05, 0.1) is 9.85 Å². The van der Waals surface area contributed by atoms with Gasteiger partial charge in [-0.2, -0.15) is 0 Å². The maximum absolute atomic E-state index is 9.74. The van der Waals surface area contributed by atoms with Gasteiger partial charge in [-0.15, -0.1) is 4.40 Å². The molecule has 0 bridgehead atoms. The average Bonchev–Trinajstić information content (AvgIpc) is 2.44. The number of aromatic nitrogens is 1. The minimum atomic E-state index is 0.323. The quantitative estimate of drug-likeness (QED) is 0.722. The second kappa shape index (κ2) is 2.96. The van der Waals surface area contributed by atoms with Crippen molar-refractivity contribution in [1.82, 2.24) is 0 Å². The van der Waals surface area contributed by atoms with E-state index in [9.17, 15) is 5.11 Å². The van der Waals surface area contributed by atoms with Gasteiger partial charge in [0, 0.05) is 19.9 Å². The first-order valence-electron chi connectivity index (χ1n) is 3.89. The minimum Gasteiger partial charge on any atom is -0.501 e. The number of fused-ring (bicyclic) bond motifs is 1. The Morgan fingerprint density at radius 1 is 1.38 bits per heavy atom. The van der Waals surface area contributed by atoms with E-state index in [1.165, 1.54) is 0 Å². The highest BCUT2D eigenvalue weighted by Gasteiger charge is 2.19. The van der Waals surface area contributed by atoms with Gasteiger partial charge in [0.2, 0.25) is 5.75 Å². The van der Waals surface area contributed by atoms with Gasteiger partial charge in [-0.05, 0) is 15.9 Å². The van der Waals surface area contributed by atoms with E-state index < -0.39 is 0 Å². The van der Waals surface area contributed by atoms with Crippen LogP contribution < -0.4 is 4.40 Å². The van der Waals surface area contributed by atoms with Crippen molar-refractivity contribution in [2.45, 2.75) is 13.8 Å². The van der Waals surface area contributed by atoms with E-state index >= 15 is 0 Å². The number of aryl methyl sites for hydroxylation is 2. The smallest absolute Gasteiger partial charge is 0.311 e. The lowest BCUT2D eigenvalue weighted by molar-refractivity contribution is -0.523. The van der Waals surface area contributed by atoms with Crippen LogP contribution in [0.5, 0.6) is 5.75 Å². The predicted molar refractivity (Wildman–Crippen MR) is 56.3 cm³/mol. The molecule has 0 radical (unpaired) electrons. The van der Waals surface area contributed by atoms with Crippen molar-refractivity contribution >= 4 is 32.1 Å². The molecular weight excluding hydrogens is 250 g/mol. The molecule has 2 aromatic rings. The van der Waals surface area contributed by atoms with Gasteiger partial charge < -0.3 is 5.11 Å². The predicted octanol–water partition coefficient (Wildman–Crippen LogP) is 2.57. The molecule has 0 saturated carbocycles. The summed E-state index contributed by atoms with van der Waals surface area (Å²) >= 11 is 4.87. The summed E-state index contributed by atoms with van der Waals surface area (Å²) in [6.07, 6.45) is 0. The van der Waals surface area contributed by atoms with Crippen LogP contribution in [0.1, 0.15) is 11.4 Å². The van der Waals surface area contributed by atoms with Gasteiger partial charge in [0.15, 0.2) is 11.4 Å². The number of rotatable bonds is 0. The molecule has 0 fully saturated rings. The van der Waals surface area contributed by atoms with E-state index in [1.54, 1.807) is 11.3 Å². The van der Waals surface area contributed by atoms with Gasteiger partial charge in [-0.1, -0.05) is 11.3 Å². The molecule has 0 aromatic carbocycles. The first kappa shape index (κ1) is 8.97. The molecule has 0 amide bonds. The number of hydrogen-bond acceptors (Lipinski definition) is 2. The molecule has 4 heteroatoms. The molecule has 2 rings (SSSR count). The molecule has 2 nitrogen and oxygen atoms in total. The molecule has 0 aliphatic carbocycles. The van der Waals surface area contributed by atoms with Crippen LogP contribution in [0.25, 0.3) is 4.83 Å². The number of hydrogen-bond donors (Lipinski definition) is 1. The van der Waals surface area contributed by atoms with E-state index in [1.807, 2.05) is 29.7 Å². The van der Waals surface area contributed by atoms with E-state index in [2.05, 4.69) is 15.9 Å². The van der Waals surface area contributed by atoms with Gasteiger partial charge >= 0.3 is 4.83 Å². The maximum Gasteiger partial charge on any atom is 0.311 e. The SMILES string of the molecule is Cc1csc2c(O)c(Br)cc(C)[n+]12. The summed E-state index contributed by atoms with van der Waals surface area (Å²) in [5.74, 6) is 0.323. The maximum atomic E-state index is 9.74. The van der Waals surface area contributed by atoms with Crippen molar-refractivity contribution in [3.05, 3.63) is 27.3 Å². The molecule has 2 aromatic heterocycles. The molecule has 1 N–H and O–H groups in total. The number of halogens is 1. The van der Waals surface area contributed by atoms with Crippen molar-refractivity contribution in [3.63, 3.8) is 0 Å². The fourth-order valence-corrected chi connectivity index (χ4v) is 3.08. The number of pyridine rings is 1. The summed E-state index contributed by atoms with van der Waals surface area (Å²) in [5.41, 5.74) is 2.28. The number of thiazole rings is 1. The van der Waals surface area contributed by atoms with Crippen LogP contribution in [-0.2, 0) is 0 Å². The van der Waals surface area contributed by atoms with Gasteiger partial charge in [-0.25, -0.2) is 0 Å². The summed E-state index contributed by atoms with van der Waals surface area (Å²) in [6, 6.07) is 1.92. The van der Waals surface area contributed by atoms with Crippen molar-refractivity contribution in [1.29, 1.82) is 0 Å². The van der Waals surface area contributed by atoms with E-state index in [0.717, 1.165) is 20.7 Å². The van der Waals surface area contributed by atoms with Crippen LogP contribution in [0, 0.1) is 13.8 Å². The Kier molecular flexibility index (Phi) is 2.04. The normalized spacial score (nSPS) is 11.0. The standard InChI is InChI=1S/C9H8BrNOS/c1-5-3-7(10)8(12)9-11(5)6(2)4-13-9/h3-4H,1-2H3/p+1. The summed E-state index contributed by atoms with van der Waals surface area (Å²) in [7, 11) is 0. The van der Waals surface area contributed by atoms with Crippen molar-refractivity contribution in [3.8, 4) is 5.75 Å². The second-order valence-corrected chi connectivity index (χ2v) is 4.71. The zero-order valence-electron chi connectivity index (χ0n) is 7.34. The molecular formula is C9H9BrNOS+. The van der Waals surface area contributed by atoms with Gasteiger partial charge in [0.1, 0.15) is 0 Å².